The summed E-state index contributed by atoms with van der Waals surface area (Å²) in [5.41, 5.74) is 1.34. The first-order valence-electron chi connectivity index (χ1n) is 6.29. The fourth-order valence-electron chi connectivity index (χ4n) is 1.83. The molecule has 0 aliphatic heterocycles. The van der Waals surface area contributed by atoms with E-state index in [0.29, 0.717) is 11.3 Å². The van der Waals surface area contributed by atoms with Crippen LogP contribution < -0.4 is 4.74 Å². The summed E-state index contributed by atoms with van der Waals surface area (Å²) in [6.07, 6.45) is -0.774. The van der Waals surface area contributed by atoms with Crippen molar-refractivity contribution in [1.29, 1.82) is 0 Å². The van der Waals surface area contributed by atoms with Gasteiger partial charge in [0.1, 0.15) is 5.75 Å². The van der Waals surface area contributed by atoms with Crippen LogP contribution in [0, 0.1) is 17.0 Å². The van der Waals surface area contributed by atoms with E-state index >= 15 is 0 Å². The molecule has 110 valence electrons. The van der Waals surface area contributed by atoms with Crippen LogP contribution >= 0.6 is 15.9 Å². The minimum atomic E-state index is -0.774. The number of nitro benzene ring substituents is 1. The van der Waals surface area contributed by atoms with Crippen molar-refractivity contribution in [2.24, 2.45) is 0 Å². The molecule has 2 aromatic rings. The van der Waals surface area contributed by atoms with Crippen molar-refractivity contribution in [2.75, 3.05) is 0 Å². The Kier molecular flexibility index (Phi) is 4.59. The van der Waals surface area contributed by atoms with Crippen LogP contribution in [-0.4, -0.2) is 10.0 Å². The van der Waals surface area contributed by atoms with Gasteiger partial charge in [0.2, 0.25) is 5.75 Å². The van der Waals surface area contributed by atoms with E-state index in [2.05, 4.69) is 15.9 Å². The molecule has 0 heterocycles. The molecule has 0 amide bonds. The lowest BCUT2D eigenvalue weighted by atomic mass is 10.1. The van der Waals surface area contributed by atoms with Gasteiger partial charge in [-0.25, -0.2) is 0 Å². The largest absolute Gasteiger partial charge is 0.449 e. The van der Waals surface area contributed by atoms with Gasteiger partial charge in [0.15, 0.2) is 0 Å². The van der Waals surface area contributed by atoms with Crippen molar-refractivity contribution in [3.8, 4) is 11.5 Å². The highest BCUT2D eigenvalue weighted by Gasteiger charge is 2.19. The lowest BCUT2D eigenvalue weighted by molar-refractivity contribution is -0.385. The van der Waals surface area contributed by atoms with Crippen LogP contribution in [0.2, 0.25) is 0 Å². The Balaban J connectivity index is 2.41. The number of aliphatic hydroxyl groups excluding tert-OH is 1. The zero-order chi connectivity index (χ0) is 15.6. The molecule has 1 N–H and O–H groups in total. The summed E-state index contributed by atoms with van der Waals surface area (Å²) in [6, 6.07) is 9.89. The van der Waals surface area contributed by atoms with Crippen LogP contribution in [0.15, 0.2) is 40.9 Å². The maximum atomic E-state index is 11.2. The lowest BCUT2D eigenvalue weighted by Gasteiger charge is -2.11. The number of benzene rings is 2. The maximum Gasteiger partial charge on any atom is 0.311 e. The van der Waals surface area contributed by atoms with E-state index in [1.54, 1.807) is 19.1 Å². The molecule has 1 atom stereocenters. The first-order valence-corrected chi connectivity index (χ1v) is 7.08. The Bertz CT molecular complexity index is 685. The fraction of sp³-hybridized carbons (Fsp3) is 0.200. The summed E-state index contributed by atoms with van der Waals surface area (Å²) in [5, 5.41) is 20.7. The van der Waals surface area contributed by atoms with Gasteiger partial charge < -0.3 is 9.84 Å². The summed E-state index contributed by atoms with van der Waals surface area (Å²) >= 11 is 3.37. The molecule has 0 aliphatic carbocycles. The van der Waals surface area contributed by atoms with E-state index < -0.39 is 11.0 Å². The standard InChI is InChI=1S/C15H14BrNO4/c1-9-3-5-14(12(16)7-9)21-15-6-4-11(10(2)18)8-13(15)17(19)20/h3-8,10,18H,1-2H3/t10-/m1/s1. The molecular formula is C15H14BrNO4. The molecule has 0 saturated heterocycles. The van der Waals surface area contributed by atoms with Gasteiger partial charge in [0.25, 0.3) is 0 Å². The number of ether oxygens (including phenoxy) is 1. The van der Waals surface area contributed by atoms with E-state index in [9.17, 15) is 15.2 Å². The SMILES string of the molecule is Cc1ccc(Oc2ccc([C@@H](C)O)cc2[N+](=O)[O-])c(Br)c1. The molecule has 2 rings (SSSR count). The van der Waals surface area contributed by atoms with E-state index in [1.165, 1.54) is 12.1 Å². The minimum Gasteiger partial charge on any atom is -0.449 e. The third kappa shape index (κ3) is 3.59. The third-order valence-corrected chi connectivity index (χ3v) is 3.59. The van der Waals surface area contributed by atoms with E-state index in [0.717, 1.165) is 10.0 Å². The van der Waals surface area contributed by atoms with Gasteiger partial charge in [-0.1, -0.05) is 12.1 Å². The maximum absolute atomic E-state index is 11.2. The Labute approximate surface area is 130 Å². The monoisotopic (exact) mass is 351 g/mol. The summed E-state index contributed by atoms with van der Waals surface area (Å²) < 4.78 is 6.34. The zero-order valence-corrected chi connectivity index (χ0v) is 13.1. The number of aryl methyl sites for hydroxylation is 1. The van der Waals surface area contributed by atoms with Crippen molar-refractivity contribution >= 4 is 21.6 Å². The fourth-order valence-corrected chi connectivity index (χ4v) is 2.40. The summed E-state index contributed by atoms with van der Waals surface area (Å²) in [5.74, 6) is 0.627. The molecule has 0 unspecified atom stereocenters. The highest BCUT2D eigenvalue weighted by atomic mass is 79.9. The number of hydrogen-bond donors (Lipinski definition) is 1. The summed E-state index contributed by atoms with van der Waals surface area (Å²) in [4.78, 5) is 10.6. The van der Waals surface area contributed by atoms with Crippen LogP contribution in [0.4, 0.5) is 5.69 Å². The summed E-state index contributed by atoms with van der Waals surface area (Å²) in [7, 11) is 0. The number of nitro groups is 1. The van der Waals surface area contributed by atoms with Gasteiger partial charge in [-0.05, 0) is 59.1 Å². The smallest absolute Gasteiger partial charge is 0.311 e. The second-order valence-electron chi connectivity index (χ2n) is 4.70. The average Bonchev–Trinajstić information content (AvgIpc) is 2.41. The molecule has 0 aliphatic rings. The molecule has 0 saturated carbocycles. The normalized spacial score (nSPS) is 12.0. The molecule has 2 aromatic carbocycles. The van der Waals surface area contributed by atoms with Gasteiger partial charge >= 0.3 is 5.69 Å². The van der Waals surface area contributed by atoms with Crippen LogP contribution in [0.25, 0.3) is 0 Å². The second-order valence-corrected chi connectivity index (χ2v) is 5.55. The second kappa shape index (κ2) is 6.24. The van der Waals surface area contributed by atoms with Crippen molar-refractivity contribution in [2.45, 2.75) is 20.0 Å². The van der Waals surface area contributed by atoms with Crippen LogP contribution in [0.1, 0.15) is 24.2 Å². The Morgan fingerprint density at radius 2 is 1.90 bits per heavy atom. The Hall–Kier alpha value is -1.92. The third-order valence-electron chi connectivity index (χ3n) is 2.97. The van der Waals surface area contributed by atoms with Crippen molar-refractivity contribution in [1.82, 2.24) is 0 Å². The number of halogens is 1. The first-order chi connectivity index (χ1) is 9.88. The Morgan fingerprint density at radius 1 is 1.24 bits per heavy atom. The lowest BCUT2D eigenvalue weighted by Crippen LogP contribution is -1.98. The minimum absolute atomic E-state index is 0.133. The topological polar surface area (TPSA) is 72.6 Å². The Morgan fingerprint density at radius 3 is 2.48 bits per heavy atom. The highest BCUT2D eigenvalue weighted by molar-refractivity contribution is 9.10. The van der Waals surface area contributed by atoms with Crippen LogP contribution in [0.3, 0.4) is 0 Å². The molecule has 0 radical (unpaired) electrons. The van der Waals surface area contributed by atoms with Crippen molar-refractivity contribution in [3.63, 3.8) is 0 Å². The van der Waals surface area contributed by atoms with Crippen molar-refractivity contribution in [3.05, 3.63) is 62.1 Å². The van der Waals surface area contributed by atoms with Gasteiger partial charge in [-0.2, -0.15) is 0 Å². The number of nitrogens with zero attached hydrogens (tertiary/aromatic N) is 1. The zero-order valence-electron chi connectivity index (χ0n) is 11.5. The molecule has 0 spiro atoms. The van der Waals surface area contributed by atoms with E-state index in [-0.39, 0.29) is 11.4 Å². The van der Waals surface area contributed by atoms with Crippen molar-refractivity contribution < 1.29 is 14.8 Å². The molecule has 0 aromatic heterocycles. The van der Waals surface area contributed by atoms with Crippen LogP contribution in [-0.2, 0) is 0 Å². The van der Waals surface area contributed by atoms with E-state index in [4.69, 9.17) is 4.74 Å². The predicted molar refractivity (Wildman–Crippen MR) is 82.7 cm³/mol. The number of hydrogen-bond acceptors (Lipinski definition) is 4. The van der Waals surface area contributed by atoms with Crippen LogP contribution in [0.5, 0.6) is 11.5 Å². The molecule has 21 heavy (non-hydrogen) atoms. The number of rotatable bonds is 4. The molecule has 0 fully saturated rings. The molecule has 0 bridgehead atoms. The first kappa shape index (κ1) is 15.5. The number of aliphatic hydroxyl groups is 1. The van der Waals surface area contributed by atoms with Gasteiger partial charge in [-0.15, -0.1) is 0 Å². The van der Waals surface area contributed by atoms with Gasteiger partial charge in [-0.3, -0.25) is 10.1 Å². The molecule has 6 heteroatoms. The summed E-state index contributed by atoms with van der Waals surface area (Å²) in [6.45, 7) is 3.49. The van der Waals surface area contributed by atoms with E-state index in [1.807, 2.05) is 19.1 Å². The predicted octanol–water partition coefficient (Wildman–Crippen LogP) is 4.51. The molecule has 5 nitrogen and oxygen atoms in total. The van der Waals surface area contributed by atoms with Gasteiger partial charge in [0, 0.05) is 6.07 Å². The highest BCUT2D eigenvalue weighted by Crippen LogP contribution is 2.36. The quantitative estimate of drug-likeness (QED) is 0.649. The van der Waals surface area contributed by atoms with Gasteiger partial charge in [0.05, 0.1) is 15.5 Å². The molecular weight excluding hydrogens is 338 g/mol. The average molecular weight is 352 g/mol.